The van der Waals surface area contributed by atoms with Crippen LogP contribution in [-0.4, -0.2) is 49.5 Å². The molecule has 34 heavy (non-hydrogen) atoms. The van der Waals surface area contributed by atoms with Gasteiger partial charge in [0.15, 0.2) is 6.61 Å². The molecule has 2 amide bonds. The van der Waals surface area contributed by atoms with Crippen molar-refractivity contribution >= 4 is 23.2 Å². The third-order valence-corrected chi connectivity index (χ3v) is 5.88. The van der Waals surface area contributed by atoms with E-state index in [0.717, 1.165) is 16.8 Å². The molecule has 0 atom stereocenters. The van der Waals surface area contributed by atoms with Gasteiger partial charge < -0.3 is 19.9 Å². The third kappa shape index (κ3) is 5.54. The number of benzene rings is 3. The molecule has 0 radical (unpaired) electrons. The van der Waals surface area contributed by atoms with Gasteiger partial charge in [-0.15, -0.1) is 0 Å². The number of halogens is 1. The van der Waals surface area contributed by atoms with Crippen LogP contribution in [0, 0.1) is 19.7 Å². The molecule has 1 heterocycles. The van der Waals surface area contributed by atoms with Crippen LogP contribution in [0.2, 0.25) is 0 Å². The summed E-state index contributed by atoms with van der Waals surface area (Å²) in [5.41, 5.74) is 3.94. The number of aryl methyl sites for hydroxylation is 2. The number of nitrogens with zero attached hydrogens (tertiary/aromatic N) is 2. The number of anilines is 2. The molecule has 1 N–H and O–H groups in total. The zero-order valence-corrected chi connectivity index (χ0v) is 19.4. The van der Waals surface area contributed by atoms with Crippen molar-refractivity contribution in [3.8, 4) is 5.75 Å². The Kier molecular flexibility index (Phi) is 7.11. The summed E-state index contributed by atoms with van der Waals surface area (Å²) in [5, 5.41) is 2.85. The monoisotopic (exact) mass is 461 g/mol. The zero-order valence-electron chi connectivity index (χ0n) is 19.4. The Balaban J connectivity index is 1.27. The number of carbonyl (C=O) groups excluding carboxylic acids is 2. The first-order valence-corrected chi connectivity index (χ1v) is 11.3. The van der Waals surface area contributed by atoms with Gasteiger partial charge in [0.2, 0.25) is 0 Å². The van der Waals surface area contributed by atoms with E-state index in [0.29, 0.717) is 37.6 Å². The molecule has 0 aliphatic carbocycles. The molecule has 176 valence electrons. The van der Waals surface area contributed by atoms with Crippen LogP contribution in [-0.2, 0) is 4.79 Å². The predicted octanol–water partition coefficient (Wildman–Crippen LogP) is 4.42. The highest BCUT2D eigenvalue weighted by atomic mass is 19.1. The third-order valence-electron chi connectivity index (χ3n) is 5.88. The number of hydrogen-bond acceptors (Lipinski definition) is 4. The Morgan fingerprint density at radius 2 is 1.65 bits per heavy atom. The highest BCUT2D eigenvalue weighted by molar-refractivity contribution is 5.94. The van der Waals surface area contributed by atoms with Crippen molar-refractivity contribution in [2.45, 2.75) is 13.8 Å². The molecule has 6 nitrogen and oxygen atoms in total. The maximum absolute atomic E-state index is 13.9. The van der Waals surface area contributed by atoms with Crippen LogP contribution < -0.4 is 15.0 Å². The van der Waals surface area contributed by atoms with Gasteiger partial charge in [-0.3, -0.25) is 9.59 Å². The summed E-state index contributed by atoms with van der Waals surface area (Å²) in [6.07, 6.45) is 0. The Labute approximate surface area is 198 Å². The largest absolute Gasteiger partial charge is 0.483 e. The van der Waals surface area contributed by atoms with Crippen molar-refractivity contribution in [1.29, 1.82) is 0 Å². The molecule has 3 aromatic carbocycles. The van der Waals surface area contributed by atoms with Gasteiger partial charge in [-0.05, 0) is 61.9 Å². The van der Waals surface area contributed by atoms with Crippen LogP contribution in [0.4, 0.5) is 15.8 Å². The number of ether oxygens (including phenoxy) is 1. The molecule has 3 aromatic rings. The van der Waals surface area contributed by atoms with Crippen LogP contribution in [0.5, 0.6) is 5.75 Å². The first-order chi connectivity index (χ1) is 16.4. The molecule has 0 aromatic heterocycles. The number of hydrogen-bond donors (Lipinski definition) is 1. The fourth-order valence-corrected chi connectivity index (χ4v) is 4.03. The quantitative estimate of drug-likeness (QED) is 0.590. The Hall–Kier alpha value is -3.87. The summed E-state index contributed by atoms with van der Waals surface area (Å²) >= 11 is 0. The molecule has 0 spiro atoms. The second kappa shape index (κ2) is 10.4. The van der Waals surface area contributed by atoms with E-state index in [1.807, 2.05) is 56.3 Å². The van der Waals surface area contributed by atoms with Gasteiger partial charge >= 0.3 is 0 Å². The Morgan fingerprint density at radius 1 is 0.941 bits per heavy atom. The predicted molar refractivity (Wildman–Crippen MR) is 131 cm³/mol. The number of nitrogens with one attached hydrogen (secondary N) is 1. The summed E-state index contributed by atoms with van der Waals surface area (Å²) in [7, 11) is 0. The molecule has 1 saturated heterocycles. The second-order valence-electron chi connectivity index (χ2n) is 8.41. The van der Waals surface area contributed by atoms with Crippen molar-refractivity contribution in [2.24, 2.45) is 0 Å². The number of amides is 2. The van der Waals surface area contributed by atoms with Gasteiger partial charge in [0.05, 0.1) is 5.56 Å². The van der Waals surface area contributed by atoms with E-state index >= 15 is 0 Å². The van der Waals surface area contributed by atoms with Gasteiger partial charge in [-0.25, -0.2) is 4.39 Å². The number of rotatable bonds is 6. The van der Waals surface area contributed by atoms with Crippen molar-refractivity contribution in [3.05, 3.63) is 89.2 Å². The van der Waals surface area contributed by atoms with E-state index in [4.69, 9.17) is 4.74 Å². The highest BCUT2D eigenvalue weighted by Crippen LogP contribution is 2.21. The van der Waals surface area contributed by atoms with Crippen molar-refractivity contribution in [3.63, 3.8) is 0 Å². The number of carbonyl (C=O) groups is 2. The molecule has 7 heteroatoms. The summed E-state index contributed by atoms with van der Waals surface area (Å²) < 4.78 is 19.6. The van der Waals surface area contributed by atoms with Gasteiger partial charge in [0.1, 0.15) is 11.6 Å². The van der Waals surface area contributed by atoms with Crippen molar-refractivity contribution < 1.29 is 18.7 Å². The lowest BCUT2D eigenvalue weighted by molar-refractivity contribution is -0.118. The smallest absolute Gasteiger partial charge is 0.262 e. The summed E-state index contributed by atoms with van der Waals surface area (Å²) in [5.74, 6) is -0.303. The SMILES string of the molecule is Cc1ccc(OCC(=O)Nc2ccc(N3CCN(C(=O)c4ccccc4F)CC3)cc2)c(C)c1. The van der Waals surface area contributed by atoms with Crippen molar-refractivity contribution in [2.75, 3.05) is 43.0 Å². The molecular weight excluding hydrogens is 433 g/mol. The first kappa shape index (κ1) is 23.3. The van der Waals surface area contributed by atoms with E-state index in [9.17, 15) is 14.0 Å². The maximum Gasteiger partial charge on any atom is 0.262 e. The van der Waals surface area contributed by atoms with E-state index < -0.39 is 5.82 Å². The Morgan fingerprint density at radius 3 is 2.32 bits per heavy atom. The van der Waals surface area contributed by atoms with Crippen LogP contribution in [0.1, 0.15) is 21.5 Å². The fourth-order valence-electron chi connectivity index (χ4n) is 4.03. The van der Waals surface area contributed by atoms with Crippen LogP contribution in [0.25, 0.3) is 0 Å². The minimum Gasteiger partial charge on any atom is -0.483 e. The lowest BCUT2D eigenvalue weighted by Crippen LogP contribution is -2.49. The zero-order chi connectivity index (χ0) is 24.1. The summed E-state index contributed by atoms with van der Waals surface area (Å²) in [4.78, 5) is 28.7. The summed E-state index contributed by atoms with van der Waals surface area (Å²) in [6.45, 7) is 6.23. The minimum atomic E-state index is -0.494. The first-order valence-electron chi connectivity index (χ1n) is 11.3. The molecule has 0 bridgehead atoms. The van der Waals surface area contributed by atoms with Crippen molar-refractivity contribution in [1.82, 2.24) is 4.90 Å². The van der Waals surface area contributed by atoms with Gasteiger partial charge in [-0.1, -0.05) is 29.8 Å². The molecule has 1 fully saturated rings. The van der Waals surface area contributed by atoms with Gasteiger partial charge in [-0.2, -0.15) is 0 Å². The van der Waals surface area contributed by atoms with Gasteiger partial charge in [0.25, 0.3) is 11.8 Å². The molecule has 0 unspecified atom stereocenters. The number of piperazine rings is 1. The Bertz CT molecular complexity index is 1170. The fraction of sp³-hybridized carbons (Fsp3) is 0.259. The normalized spacial score (nSPS) is 13.5. The van der Waals surface area contributed by atoms with Crippen LogP contribution in [0.3, 0.4) is 0 Å². The van der Waals surface area contributed by atoms with Crippen LogP contribution >= 0.6 is 0 Å². The second-order valence-corrected chi connectivity index (χ2v) is 8.41. The highest BCUT2D eigenvalue weighted by Gasteiger charge is 2.24. The molecule has 4 rings (SSSR count). The van der Waals surface area contributed by atoms with E-state index in [-0.39, 0.29) is 24.0 Å². The lowest BCUT2D eigenvalue weighted by Gasteiger charge is -2.36. The molecule has 0 saturated carbocycles. The average Bonchev–Trinajstić information content (AvgIpc) is 2.84. The maximum atomic E-state index is 13.9. The van der Waals surface area contributed by atoms with E-state index in [1.54, 1.807) is 17.0 Å². The van der Waals surface area contributed by atoms with E-state index in [2.05, 4.69) is 10.2 Å². The standard InChI is InChI=1S/C27H28FN3O3/c1-19-7-12-25(20(2)17-19)34-18-26(32)29-21-8-10-22(11-9-21)30-13-15-31(16-14-30)27(33)23-5-3-4-6-24(23)28/h3-12,17H,13-16,18H2,1-2H3,(H,29,32). The van der Waals surface area contributed by atoms with E-state index in [1.165, 1.54) is 12.1 Å². The topological polar surface area (TPSA) is 61.9 Å². The van der Waals surface area contributed by atoms with Gasteiger partial charge in [0, 0.05) is 37.6 Å². The average molecular weight is 462 g/mol. The lowest BCUT2D eigenvalue weighted by atomic mass is 10.1. The molecular formula is C27H28FN3O3. The molecule has 1 aliphatic rings. The summed E-state index contributed by atoms with van der Waals surface area (Å²) in [6, 6.07) is 19.5. The molecule has 1 aliphatic heterocycles. The minimum absolute atomic E-state index is 0.0658. The van der Waals surface area contributed by atoms with Crippen LogP contribution in [0.15, 0.2) is 66.7 Å².